The smallest absolute Gasteiger partial charge is 0.184 e. The maximum Gasteiger partial charge on any atom is 0.184 e. The number of carbonyl (C=O) groups excluding carboxylic acids is 1. The molecule has 0 radical (unpaired) electrons. The lowest BCUT2D eigenvalue weighted by atomic mass is 9.49. The topological polar surface area (TPSA) is 35.5 Å². The van der Waals surface area contributed by atoms with E-state index >= 15 is 0 Å². The fraction of sp³-hybridized carbons (Fsp3) is 0.773. The van der Waals surface area contributed by atoms with Crippen molar-refractivity contribution in [1.29, 1.82) is 0 Å². The van der Waals surface area contributed by atoms with Crippen LogP contribution in [0.2, 0.25) is 39.3 Å². The van der Waals surface area contributed by atoms with Crippen molar-refractivity contribution in [2.45, 2.75) is 79.0 Å². The van der Waals surface area contributed by atoms with Gasteiger partial charge < -0.3 is 9.16 Å². The van der Waals surface area contributed by atoms with Gasteiger partial charge in [-0.25, -0.2) is 0 Å². The highest BCUT2D eigenvalue weighted by molar-refractivity contribution is 6.87. The van der Waals surface area contributed by atoms with Gasteiger partial charge in [0.05, 0.1) is 26.7 Å². The molecule has 1 fully saturated rings. The van der Waals surface area contributed by atoms with Crippen LogP contribution in [0.15, 0.2) is 23.6 Å². The van der Waals surface area contributed by atoms with Crippen LogP contribution in [0, 0.1) is 22.7 Å². The number of rotatable bonds is 6. The second-order valence-electron chi connectivity index (χ2n) is 11.3. The Balaban J connectivity index is 2.80. The van der Waals surface area contributed by atoms with Crippen LogP contribution in [-0.4, -0.2) is 35.4 Å². The number of ether oxygens (including phenoxy) is 1. The Bertz CT molecular complexity index is 651. The van der Waals surface area contributed by atoms with Gasteiger partial charge in [-0.3, -0.25) is 4.79 Å². The zero-order chi connectivity index (χ0) is 21.0. The molecule has 0 spiro atoms. The van der Waals surface area contributed by atoms with Crippen molar-refractivity contribution < 1.29 is 14.0 Å². The fourth-order valence-electron chi connectivity index (χ4n) is 5.26. The van der Waals surface area contributed by atoms with Crippen molar-refractivity contribution in [2.24, 2.45) is 22.7 Å². The molecule has 0 aliphatic heterocycles. The van der Waals surface area contributed by atoms with Crippen LogP contribution in [0.5, 0.6) is 0 Å². The first-order valence-corrected chi connectivity index (χ1v) is 17.1. The molecule has 0 aromatic rings. The van der Waals surface area contributed by atoms with Crippen LogP contribution in [0.25, 0.3) is 0 Å². The van der Waals surface area contributed by atoms with E-state index in [-0.39, 0.29) is 23.2 Å². The molecule has 2 bridgehead atoms. The monoisotopic (exact) mass is 408 g/mol. The Hall–Kier alpha value is -0.656. The highest BCUT2D eigenvalue weighted by Gasteiger charge is 2.64. The van der Waals surface area contributed by atoms with Gasteiger partial charge in [0.15, 0.2) is 14.1 Å². The standard InChI is InChI=1S/C22H40O3Si2/c1-12-13-15-14-22(4)19(23)18(26(6,7)8)17(24-5)16(21(15,2)3)20(22)25-27(9,10)11/h12,15-16,20H,1,13-14H2,2-11H3/t15-,16-,20-,22+/m1/s1. The molecule has 2 aliphatic carbocycles. The summed E-state index contributed by atoms with van der Waals surface area (Å²) >= 11 is 0. The summed E-state index contributed by atoms with van der Waals surface area (Å²) in [5.41, 5.74) is -0.499. The number of Topliss-reactive ketones (excluding diaryl/α,β-unsaturated/α-hetero) is 1. The molecule has 5 heteroatoms. The Morgan fingerprint density at radius 2 is 1.70 bits per heavy atom. The summed E-state index contributed by atoms with van der Waals surface area (Å²) in [4.78, 5) is 13.9. The number of ketones is 1. The zero-order valence-electron chi connectivity index (χ0n) is 19.2. The van der Waals surface area contributed by atoms with Crippen molar-refractivity contribution in [2.75, 3.05) is 7.11 Å². The van der Waals surface area contributed by atoms with Gasteiger partial charge in [-0.1, -0.05) is 39.6 Å². The first-order chi connectivity index (χ1) is 12.1. The molecule has 2 aliphatic rings. The fourth-order valence-corrected chi connectivity index (χ4v) is 8.38. The van der Waals surface area contributed by atoms with Crippen LogP contribution in [-0.2, 0) is 14.0 Å². The lowest BCUT2D eigenvalue weighted by Gasteiger charge is -2.60. The molecule has 154 valence electrons. The van der Waals surface area contributed by atoms with Crippen LogP contribution in [0.3, 0.4) is 0 Å². The third-order valence-corrected chi connectivity index (χ3v) is 9.57. The molecule has 2 rings (SSSR count). The van der Waals surface area contributed by atoms with Crippen molar-refractivity contribution >= 4 is 22.2 Å². The highest BCUT2D eigenvalue weighted by Crippen LogP contribution is 2.61. The number of hydrogen-bond acceptors (Lipinski definition) is 3. The predicted octanol–water partition coefficient (Wildman–Crippen LogP) is 5.81. The lowest BCUT2D eigenvalue weighted by Crippen LogP contribution is -2.64. The van der Waals surface area contributed by atoms with E-state index in [1.807, 2.05) is 6.08 Å². The number of carbonyl (C=O) groups is 1. The average molecular weight is 409 g/mol. The van der Waals surface area contributed by atoms with E-state index in [4.69, 9.17) is 9.16 Å². The molecule has 0 amide bonds. The molecule has 0 aromatic carbocycles. The molecule has 0 heterocycles. The van der Waals surface area contributed by atoms with Gasteiger partial charge in [0.2, 0.25) is 0 Å². The van der Waals surface area contributed by atoms with Crippen LogP contribution in [0.1, 0.15) is 33.6 Å². The maximum absolute atomic E-state index is 13.9. The number of fused-ring (bicyclic) bond motifs is 2. The summed E-state index contributed by atoms with van der Waals surface area (Å²) in [6, 6.07) is 0. The molecule has 0 saturated heterocycles. The Kier molecular flexibility index (Phi) is 5.86. The Labute approximate surface area is 168 Å². The number of hydrogen-bond donors (Lipinski definition) is 0. The first kappa shape index (κ1) is 22.6. The lowest BCUT2D eigenvalue weighted by molar-refractivity contribution is -0.157. The summed E-state index contributed by atoms with van der Waals surface area (Å²) in [5.74, 6) is 1.70. The van der Waals surface area contributed by atoms with E-state index in [2.05, 4.69) is 66.6 Å². The average Bonchev–Trinajstić information content (AvgIpc) is 2.47. The van der Waals surface area contributed by atoms with Gasteiger partial charge in [0, 0.05) is 11.1 Å². The highest BCUT2D eigenvalue weighted by atomic mass is 28.4. The third-order valence-electron chi connectivity index (χ3n) is 6.63. The van der Waals surface area contributed by atoms with Crippen LogP contribution < -0.4 is 0 Å². The maximum atomic E-state index is 13.9. The van der Waals surface area contributed by atoms with E-state index in [0.717, 1.165) is 23.8 Å². The first-order valence-electron chi connectivity index (χ1n) is 10.2. The summed E-state index contributed by atoms with van der Waals surface area (Å²) in [5, 5.41) is 0.998. The molecule has 0 aromatic heterocycles. The van der Waals surface area contributed by atoms with E-state index in [0.29, 0.717) is 5.92 Å². The molecule has 0 N–H and O–H groups in total. The minimum atomic E-state index is -1.87. The van der Waals surface area contributed by atoms with Gasteiger partial charge in [-0.2, -0.15) is 0 Å². The van der Waals surface area contributed by atoms with Crippen molar-refractivity contribution in [1.82, 2.24) is 0 Å². The summed E-state index contributed by atoms with van der Waals surface area (Å²) in [6.07, 6.45) is 3.68. The molecular weight excluding hydrogens is 368 g/mol. The quantitative estimate of drug-likeness (QED) is 0.411. The van der Waals surface area contributed by atoms with Crippen molar-refractivity contribution in [3.05, 3.63) is 23.6 Å². The van der Waals surface area contributed by atoms with Gasteiger partial charge in [-0.05, 0) is 50.7 Å². The van der Waals surface area contributed by atoms with E-state index in [9.17, 15) is 4.79 Å². The second kappa shape index (κ2) is 6.99. The molecule has 1 saturated carbocycles. The van der Waals surface area contributed by atoms with E-state index < -0.39 is 21.8 Å². The SMILES string of the molecule is C=CC[C@@H]1C[C@@]2(C)C(=O)C([Si](C)(C)C)=C(OC)[C@H]([C@H]2O[Si](C)(C)C)C1(C)C. The summed E-state index contributed by atoms with van der Waals surface area (Å²) in [6.45, 7) is 24.2. The zero-order valence-corrected chi connectivity index (χ0v) is 21.2. The van der Waals surface area contributed by atoms with Gasteiger partial charge >= 0.3 is 0 Å². The largest absolute Gasteiger partial charge is 0.501 e. The Morgan fingerprint density at radius 3 is 2.11 bits per heavy atom. The summed E-state index contributed by atoms with van der Waals surface area (Å²) < 4.78 is 12.8. The van der Waals surface area contributed by atoms with Crippen molar-refractivity contribution in [3.8, 4) is 0 Å². The third kappa shape index (κ3) is 3.79. The van der Waals surface area contributed by atoms with E-state index in [1.54, 1.807) is 7.11 Å². The van der Waals surface area contributed by atoms with E-state index in [1.165, 1.54) is 0 Å². The van der Waals surface area contributed by atoms with Gasteiger partial charge in [0.25, 0.3) is 0 Å². The molecule has 0 unspecified atom stereocenters. The predicted molar refractivity (Wildman–Crippen MR) is 119 cm³/mol. The normalized spacial score (nSPS) is 33.9. The van der Waals surface area contributed by atoms with Gasteiger partial charge in [0.1, 0.15) is 5.76 Å². The van der Waals surface area contributed by atoms with Crippen molar-refractivity contribution in [3.63, 3.8) is 0 Å². The summed E-state index contributed by atoms with van der Waals surface area (Å²) in [7, 11) is -1.97. The van der Waals surface area contributed by atoms with Gasteiger partial charge in [-0.15, -0.1) is 6.58 Å². The molecule has 3 nitrogen and oxygen atoms in total. The molecule has 4 atom stereocenters. The number of methoxy groups -OCH3 is 1. The number of allylic oxidation sites excluding steroid dienone is 2. The molecule has 27 heavy (non-hydrogen) atoms. The van der Waals surface area contributed by atoms with Crippen LogP contribution in [0.4, 0.5) is 0 Å². The minimum absolute atomic E-state index is 0.0189. The van der Waals surface area contributed by atoms with Crippen LogP contribution >= 0.6 is 0 Å². The second-order valence-corrected chi connectivity index (χ2v) is 20.8. The minimum Gasteiger partial charge on any atom is -0.501 e. The Morgan fingerprint density at radius 1 is 1.15 bits per heavy atom. The molecular formula is C22H40O3Si2.